The fourth-order valence-corrected chi connectivity index (χ4v) is 2.36. The molecular formula is C20H21N3O. The van der Waals surface area contributed by atoms with Crippen LogP contribution in [0.2, 0.25) is 0 Å². The molecule has 0 spiro atoms. The number of benzene rings is 1. The fourth-order valence-electron chi connectivity index (χ4n) is 2.36. The molecule has 1 aromatic carbocycles. The van der Waals surface area contributed by atoms with Gasteiger partial charge in [-0.2, -0.15) is 0 Å². The van der Waals surface area contributed by atoms with Crippen LogP contribution in [0.5, 0.6) is 0 Å². The molecule has 0 N–H and O–H groups in total. The third-order valence-electron chi connectivity index (χ3n) is 3.80. The van der Waals surface area contributed by atoms with E-state index in [2.05, 4.69) is 53.1 Å². The van der Waals surface area contributed by atoms with Gasteiger partial charge in [0, 0.05) is 11.8 Å². The van der Waals surface area contributed by atoms with Crippen LogP contribution in [-0.4, -0.2) is 15.0 Å². The monoisotopic (exact) mass is 319 g/mol. The molecule has 0 atom stereocenters. The van der Waals surface area contributed by atoms with Gasteiger partial charge in [0.25, 0.3) is 0 Å². The molecule has 0 aliphatic heterocycles. The summed E-state index contributed by atoms with van der Waals surface area (Å²) in [4.78, 5) is 13.1. The second-order valence-electron chi connectivity index (χ2n) is 5.98. The minimum atomic E-state index is 0.427. The van der Waals surface area contributed by atoms with Gasteiger partial charge in [-0.25, -0.2) is 0 Å². The maximum atomic E-state index is 5.63. The van der Waals surface area contributed by atoms with E-state index >= 15 is 0 Å². The molecular weight excluding hydrogens is 298 g/mol. The normalized spacial score (nSPS) is 11.0. The second-order valence-corrected chi connectivity index (χ2v) is 5.98. The predicted molar refractivity (Wildman–Crippen MR) is 94.3 cm³/mol. The summed E-state index contributed by atoms with van der Waals surface area (Å²) >= 11 is 0. The van der Waals surface area contributed by atoms with Crippen molar-refractivity contribution in [3.8, 4) is 11.3 Å². The van der Waals surface area contributed by atoms with E-state index in [1.165, 1.54) is 5.56 Å². The summed E-state index contributed by atoms with van der Waals surface area (Å²) in [5.74, 6) is 0.531. The molecule has 24 heavy (non-hydrogen) atoms. The fraction of sp³-hybridized carbons (Fsp3) is 0.250. The summed E-state index contributed by atoms with van der Waals surface area (Å²) in [5.41, 5.74) is 5.00. The number of aromatic nitrogens is 3. The van der Waals surface area contributed by atoms with Crippen LogP contribution >= 0.6 is 0 Å². The lowest BCUT2D eigenvalue weighted by molar-refractivity contribution is 0.102. The molecule has 0 fully saturated rings. The molecule has 0 saturated carbocycles. The number of nitrogens with zero attached hydrogens (tertiary/aromatic N) is 3. The van der Waals surface area contributed by atoms with Crippen LogP contribution in [0, 0.1) is 0 Å². The maximum Gasteiger partial charge on any atom is 0.0908 e. The highest BCUT2D eigenvalue weighted by Crippen LogP contribution is 2.20. The van der Waals surface area contributed by atoms with Gasteiger partial charge < -0.3 is 4.74 Å². The third kappa shape index (κ3) is 4.24. The first kappa shape index (κ1) is 16.3. The molecule has 122 valence electrons. The molecule has 0 radical (unpaired) electrons. The average Bonchev–Trinajstić information content (AvgIpc) is 2.63. The van der Waals surface area contributed by atoms with Crippen molar-refractivity contribution < 1.29 is 4.74 Å². The molecule has 0 aliphatic carbocycles. The molecule has 0 aliphatic rings. The van der Waals surface area contributed by atoms with Crippen LogP contribution in [0.15, 0.2) is 61.1 Å². The first-order valence-corrected chi connectivity index (χ1v) is 8.11. The van der Waals surface area contributed by atoms with E-state index in [-0.39, 0.29) is 0 Å². The number of ether oxygens (including phenoxy) is 1. The van der Waals surface area contributed by atoms with Crippen molar-refractivity contribution in [3.63, 3.8) is 0 Å². The molecule has 3 rings (SSSR count). The van der Waals surface area contributed by atoms with Gasteiger partial charge in [-0.05, 0) is 23.6 Å². The van der Waals surface area contributed by atoms with E-state index in [1.807, 2.05) is 18.2 Å². The Morgan fingerprint density at radius 1 is 0.833 bits per heavy atom. The molecule has 3 aromatic rings. The predicted octanol–water partition coefficient (Wildman–Crippen LogP) is 4.38. The van der Waals surface area contributed by atoms with Crippen molar-refractivity contribution in [2.24, 2.45) is 0 Å². The quantitative estimate of drug-likeness (QED) is 0.676. The minimum absolute atomic E-state index is 0.427. The van der Waals surface area contributed by atoms with E-state index in [1.54, 1.807) is 18.6 Å². The van der Waals surface area contributed by atoms with Gasteiger partial charge in [-0.1, -0.05) is 44.2 Å². The van der Waals surface area contributed by atoms with Crippen molar-refractivity contribution >= 4 is 0 Å². The molecule has 2 aromatic heterocycles. The SMILES string of the molecule is CC(C)c1ccc(-c2cnc(COCc3ccccn3)cn2)cc1. The zero-order valence-electron chi connectivity index (χ0n) is 14.0. The highest BCUT2D eigenvalue weighted by molar-refractivity contribution is 5.58. The number of pyridine rings is 1. The zero-order chi connectivity index (χ0) is 16.8. The highest BCUT2D eigenvalue weighted by atomic mass is 16.5. The third-order valence-corrected chi connectivity index (χ3v) is 3.80. The van der Waals surface area contributed by atoms with Crippen LogP contribution in [0.25, 0.3) is 11.3 Å². The Morgan fingerprint density at radius 2 is 1.62 bits per heavy atom. The van der Waals surface area contributed by atoms with E-state index in [4.69, 9.17) is 4.74 Å². The largest absolute Gasteiger partial charge is 0.369 e. The Morgan fingerprint density at radius 3 is 2.25 bits per heavy atom. The summed E-state index contributed by atoms with van der Waals surface area (Å²) in [6, 6.07) is 14.3. The smallest absolute Gasteiger partial charge is 0.0908 e. The van der Waals surface area contributed by atoms with Crippen LogP contribution < -0.4 is 0 Å². The Bertz CT molecular complexity index is 753. The van der Waals surface area contributed by atoms with Crippen LogP contribution in [-0.2, 0) is 18.0 Å². The van der Waals surface area contributed by atoms with Gasteiger partial charge in [0.2, 0.25) is 0 Å². The van der Waals surface area contributed by atoms with Crippen LogP contribution in [0.4, 0.5) is 0 Å². The Balaban J connectivity index is 1.58. The summed E-state index contributed by atoms with van der Waals surface area (Å²) in [6.45, 7) is 5.28. The lowest BCUT2D eigenvalue weighted by atomic mass is 10.0. The molecule has 0 amide bonds. The average molecular weight is 319 g/mol. The summed E-state index contributed by atoms with van der Waals surface area (Å²) in [7, 11) is 0. The summed E-state index contributed by atoms with van der Waals surface area (Å²) < 4.78 is 5.63. The van der Waals surface area contributed by atoms with Gasteiger partial charge in [0.15, 0.2) is 0 Å². The van der Waals surface area contributed by atoms with E-state index in [0.717, 1.165) is 22.6 Å². The lowest BCUT2D eigenvalue weighted by Crippen LogP contribution is -1.99. The molecule has 0 bridgehead atoms. The molecule has 4 heteroatoms. The number of hydrogen-bond donors (Lipinski definition) is 0. The molecule has 4 nitrogen and oxygen atoms in total. The summed E-state index contributed by atoms with van der Waals surface area (Å²) in [6.07, 6.45) is 5.33. The Kier molecular flexibility index (Phi) is 5.29. The summed E-state index contributed by atoms with van der Waals surface area (Å²) in [5, 5.41) is 0. The van der Waals surface area contributed by atoms with Gasteiger partial charge in [-0.3, -0.25) is 15.0 Å². The number of hydrogen-bond acceptors (Lipinski definition) is 4. The topological polar surface area (TPSA) is 47.9 Å². The van der Waals surface area contributed by atoms with Crippen LogP contribution in [0.3, 0.4) is 0 Å². The van der Waals surface area contributed by atoms with Gasteiger partial charge in [-0.15, -0.1) is 0 Å². The van der Waals surface area contributed by atoms with Gasteiger partial charge in [0.1, 0.15) is 0 Å². The van der Waals surface area contributed by atoms with Crippen molar-refractivity contribution in [1.29, 1.82) is 0 Å². The minimum Gasteiger partial charge on any atom is -0.369 e. The molecule has 0 saturated heterocycles. The second kappa shape index (κ2) is 7.79. The number of rotatable bonds is 6. The van der Waals surface area contributed by atoms with E-state index in [0.29, 0.717) is 19.1 Å². The van der Waals surface area contributed by atoms with Crippen molar-refractivity contribution in [3.05, 3.63) is 78.0 Å². The van der Waals surface area contributed by atoms with Crippen molar-refractivity contribution in [2.45, 2.75) is 33.0 Å². The first-order valence-electron chi connectivity index (χ1n) is 8.11. The molecule has 2 heterocycles. The maximum absolute atomic E-state index is 5.63. The molecule has 0 unspecified atom stereocenters. The first-order chi connectivity index (χ1) is 11.7. The highest BCUT2D eigenvalue weighted by Gasteiger charge is 2.04. The van der Waals surface area contributed by atoms with Crippen LogP contribution in [0.1, 0.15) is 36.7 Å². The van der Waals surface area contributed by atoms with Crippen molar-refractivity contribution in [2.75, 3.05) is 0 Å². The van der Waals surface area contributed by atoms with Gasteiger partial charge in [0.05, 0.1) is 42.7 Å². The van der Waals surface area contributed by atoms with Gasteiger partial charge >= 0.3 is 0 Å². The standard InChI is InChI=1S/C20H21N3O/c1-15(2)16-6-8-17(9-7-16)20-12-22-19(11-23-20)14-24-13-18-5-3-4-10-21-18/h3-12,15H,13-14H2,1-2H3. The zero-order valence-corrected chi connectivity index (χ0v) is 14.0. The van der Waals surface area contributed by atoms with E-state index < -0.39 is 0 Å². The Labute approximate surface area is 142 Å². The van der Waals surface area contributed by atoms with E-state index in [9.17, 15) is 0 Å². The van der Waals surface area contributed by atoms with Crippen molar-refractivity contribution in [1.82, 2.24) is 15.0 Å². The Hall–Kier alpha value is -2.59. The lowest BCUT2D eigenvalue weighted by Gasteiger charge is -2.07.